The predicted octanol–water partition coefficient (Wildman–Crippen LogP) is 3.56. The maximum atomic E-state index is 13.2. The Bertz CT molecular complexity index is 969. The van der Waals surface area contributed by atoms with Gasteiger partial charge in [-0.25, -0.2) is 4.79 Å². The van der Waals surface area contributed by atoms with Crippen LogP contribution in [0.4, 0.5) is 0 Å². The Balaban J connectivity index is 1.70. The van der Waals surface area contributed by atoms with Gasteiger partial charge in [0.2, 0.25) is 0 Å². The molecule has 3 rings (SSSR count). The molecule has 37 heavy (non-hydrogen) atoms. The molecule has 2 aliphatic rings. The van der Waals surface area contributed by atoms with Crippen molar-refractivity contribution in [2.24, 2.45) is 17.8 Å². The highest BCUT2D eigenvalue weighted by Gasteiger charge is 2.42. The first-order chi connectivity index (χ1) is 17.6. The molecule has 0 saturated heterocycles. The smallest absolute Gasteiger partial charge is 0.347 e. The van der Waals surface area contributed by atoms with Gasteiger partial charge in [-0.2, -0.15) is 0 Å². The summed E-state index contributed by atoms with van der Waals surface area (Å²) < 4.78 is 11.9. The molecule has 1 aromatic carbocycles. The molecule has 0 fully saturated rings. The van der Waals surface area contributed by atoms with E-state index in [1.807, 2.05) is 44.2 Å². The van der Waals surface area contributed by atoms with E-state index in [-0.39, 0.29) is 30.6 Å². The third kappa shape index (κ3) is 8.15. The second-order valence-corrected chi connectivity index (χ2v) is 10.4. The number of esters is 1. The van der Waals surface area contributed by atoms with Gasteiger partial charge in [-0.1, -0.05) is 49.8 Å². The number of aliphatic carboxylic acids is 1. The van der Waals surface area contributed by atoms with Crippen LogP contribution in [0.5, 0.6) is 5.75 Å². The molecule has 8 atom stereocenters. The average Bonchev–Trinajstić information content (AvgIpc) is 2.82. The number of aryl methyl sites for hydroxylation is 1. The number of benzene rings is 1. The molecular formula is C29H40O8. The zero-order valence-electron chi connectivity index (χ0n) is 21.8. The van der Waals surface area contributed by atoms with Crippen LogP contribution in [0.3, 0.4) is 0 Å². The van der Waals surface area contributed by atoms with E-state index in [4.69, 9.17) is 14.6 Å². The molecule has 0 bridgehead atoms. The van der Waals surface area contributed by atoms with Gasteiger partial charge in [0.15, 0.2) is 6.10 Å². The minimum atomic E-state index is -1.11. The minimum absolute atomic E-state index is 0.0116. The summed E-state index contributed by atoms with van der Waals surface area (Å²) in [5.41, 5.74) is 2.00. The number of hydrogen-bond donors (Lipinski definition) is 4. The number of carbonyl (C=O) groups is 2. The van der Waals surface area contributed by atoms with Crippen molar-refractivity contribution in [1.29, 1.82) is 0 Å². The first kappa shape index (κ1) is 28.9. The lowest BCUT2D eigenvalue weighted by Gasteiger charge is -2.43. The summed E-state index contributed by atoms with van der Waals surface area (Å²) in [4.78, 5) is 24.0. The second kappa shape index (κ2) is 13.2. The number of fused-ring (bicyclic) bond motifs is 1. The van der Waals surface area contributed by atoms with Crippen molar-refractivity contribution >= 4 is 11.9 Å². The van der Waals surface area contributed by atoms with Crippen LogP contribution in [-0.4, -0.2) is 62.9 Å². The maximum Gasteiger partial charge on any atom is 0.347 e. The van der Waals surface area contributed by atoms with Crippen LogP contribution in [-0.2, 0) is 14.3 Å². The first-order valence-electron chi connectivity index (χ1n) is 13.2. The molecule has 0 spiro atoms. The van der Waals surface area contributed by atoms with Crippen molar-refractivity contribution in [1.82, 2.24) is 0 Å². The molecule has 0 amide bonds. The Morgan fingerprint density at radius 1 is 1.14 bits per heavy atom. The van der Waals surface area contributed by atoms with Crippen LogP contribution < -0.4 is 4.74 Å². The summed E-state index contributed by atoms with van der Waals surface area (Å²) in [7, 11) is 0. The highest BCUT2D eigenvalue weighted by Crippen LogP contribution is 2.44. The molecule has 4 N–H and O–H groups in total. The topological polar surface area (TPSA) is 134 Å². The number of rotatable bonds is 12. The van der Waals surface area contributed by atoms with Crippen molar-refractivity contribution < 1.29 is 39.5 Å². The Labute approximate surface area is 218 Å². The van der Waals surface area contributed by atoms with Crippen molar-refractivity contribution in [2.45, 2.75) is 89.8 Å². The first-order valence-corrected chi connectivity index (χ1v) is 13.2. The number of aliphatic hydroxyl groups is 3. The van der Waals surface area contributed by atoms with E-state index < -0.39 is 48.9 Å². The number of carboxylic acids is 1. The molecule has 8 heteroatoms. The SMILES string of the molecule is CC[C@@H](Oc1ccc(C)cc1)C(=O)O[C@H]1C[C@H](O)C=C2C=C[C@@H](C)[C@H](CC[C@@H](O)C[C@@H](O)CC(=O)O)[C@H]21. The van der Waals surface area contributed by atoms with E-state index in [0.29, 0.717) is 25.0 Å². The van der Waals surface area contributed by atoms with Gasteiger partial charge in [0.25, 0.3) is 0 Å². The largest absolute Gasteiger partial charge is 0.481 e. The lowest BCUT2D eigenvalue weighted by molar-refractivity contribution is -0.163. The molecule has 0 saturated carbocycles. The summed E-state index contributed by atoms with van der Waals surface area (Å²) in [6.07, 6.45) is 3.08. The quantitative estimate of drug-likeness (QED) is 0.310. The summed E-state index contributed by atoms with van der Waals surface area (Å²) in [6.45, 7) is 5.90. The van der Waals surface area contributed by atoms with E-state index >= 15 is 0 Å². The lowest BCUT2D eigenvalue weighted by atomic mass is 9.66. The highest BCUT2D eigenvalue weighted by molar-refractivity contribution is 5.75. The van der Waals surface area contributed by atoms with Crippen molar-refractivity contribution in [2.75, 3.05) is 0 Å². The molecule has 0 unspecified atom stereocenters. The van der Waals surface area contributed by atoms with E-state index in [1.54, 1.807) is 6.08 Å². The van der Waals surface area contributed by atoms with Crippen molar-refractivity contribution in [3.63, 3.8) is 0 Å². The fourth-order valence-electron chi connectivity index (χ4n) is 5.39. The Kier molecular flexibility index (Phi) is 10.3. The number of hydrogen-bond acceptors (Lipinski definition) is 7. The number of carboxylic acid groups (broad SMARTS) is 1. The second-order valence-electron chi connectivity index (χ2n) is 10.4. The van der Waals surface area contributed by atoms with Gasteiger partial charge in [-0.3, -0.25) is 4.79 Å². The molecule has 2 aliphatic carbocycles. The predicted molar refractivity (Wildman–Crippen MR) is 138 cm³/mol. The Hall–Kier alpha value is -2.68. The molecular weight excluding hydrogens is 476 g/mol. The van der Waals surface area contributed by atoms with Gasteiger partial charge < -0.3 is 29.9 Å². The maximum absolute atomic E-state index is 13.2. The number of carbonyl (C=O) groups excluding carboxylic acids is 1. The molecule has 0 radical (unpaired) electrons. The monoisotopic (exact) mass is 516 g/mol. The van der Waals surface area contributed by atoms with Crippen LogP contribution in [0.25, 0.3) is 0 Å². The zero-order valence-corrected chi connectivity index (χ0v) is 21.8. The Morgan fingerprint density at radius 2 is 1.84 bits per heavy atom. The third-order valence-corrected chi connectivity index (χ3v) is 7.36. The van der Waals surface area contributed by atoms with Gasteiger partial charge in [0.1, 0.15) is 11.9 Å². The third-order valence-electron chi connectivity index (χ3n) is 7.36. The van der Waals surface area contributed by atoms with Gasteiger partial charge >= 0.3 is 11.9 Å². The van der Waals surface area contributed by atoms with E-state index in [1.165, 1.54) is 0 Å². The highest BCUT2D eigenvalue weighted by atomic mass is 16.6. The van der Waals surface area contributed by atoms with Crippen LogP contribution in [0.15, 0.2) is 48.1 Å². The summed E-state index contributed by atoms with van der Waals surface area (Å²) >= 11 is 0. The van der Waals surface area contributed by atoms with Crippen LogP contribution in [0.1, 0.15) is 57.9 Å². The van der Waals surface area contributed by atoms with Gasteiger partial charge in [0, 0.05) is 12.3 Å². The molecule has 1 aromatic rings. The van der Waals surface area contributed by atoms with Crippen LogP contribution in [0, 0.1) is 24.7 Å². The summed E-state index contributed by atoms with van der Waals surface area (Å²) in [5, 5.41) is 39.6. The summed E-state index contributed by atoms with van der Waals surface area (Å²) in [6, 6.07) is 7.46. The van der Waals surface area contributed by atoms with Gasteiger partial charge in [-0.15, -0.1) is 0 Å². The fourth-order valence-corrected chi connectivity index (χ4v) is 5.39. The molecule has 0 heterocycles. The van der Waals surface area contributed by atoms with Crippen molar-refractivity contribution in [3.05, 3.63) is 53.6 Å². The molecule has 8 nitrogen and oxygen atoms in total. The number of ether oxygens (including phenoxy) is 2. The normalized spacial score (nSPS) is 27.4. The Morgan fingerprint density at radius 3 is 2.49 bits per heavy atom. The van der Waals surface area contributed by atoms with E-state index in [2.05, 4.69) is 13.0 Å². The van der Waals surface area contributed by atoms with Crippen molar-refractivity contribution in [3.8, 4) is 5.75 Å². The molecule has 204 valence electrons. The zero-order chi connectivity index (χ0) is 27.1. The van der Waals surface area contributed by atoms with Crippen LogP contribution >= 0.6 is 0 Å². The van der Waals surface area contributed by atoms with Gasteiger partial charge in [-0.05, 0) is 62.1 Å². The van der Waals surface area contributed by atoms with Crippen LogP contribution in [0.2, 0.25) is 0 Å². The lowest BCUT2D eigenvalue weighted by Crippen LogP contribution is -2.44. The van der Waals surface area contributed by atoms with E-state index in [9.17, 15) is 24.9 Å². The van der Waals surface area contributed by atoms with Gasteiger partial charge in [0.05, 0.1) is 24.7 Å². The van der Waals surface area contributed by atoms with E-state index in [0.717, 1.165) is 11.1 Å². The average molecular weight is 517 g/mol. The standard InChI is InChI=1S/C29H40O8/c1-4-25(36-23-10-5-17(2)6-11-23)29(35)37-26-15-21(31)13-19-8-7-18(3)24(28(19)26)12-9-20(30)14-22(32)16-27(33)34/h5-8,10-11,13,18,20-22,24-26,28,30-32H,4,9,12,14-16H2,1-3H3,(H,33,34)/t18-,20-,21-,22-,24+,25-,26+,28+/m1/s1. The fraction of sp³-hybridized carbons (Fsp3) is 0.586. The molecule has 0 aliphatic heterocycles. The minimum Gasteiger partial charge on any atom is -0.481 e. The number of allylic oxidation sites excluding steroid dienone is 2. The summed E-state index contributed by atoms with van der Waals surface area (Å²) in [5.74, 6) is -0.973. The number of aliphatic hydroxyl groups excluding tert-OH is 3. The molecule has 0 aromatic heterocycles.